The van der Waals surface area contributed by atoms with Crippen LogP contribution >= 0.6 is 0 Å². The van der Waals surface area contributed by atoms with E-state index in [1.807, 2.05) is 92.1 Å². The van der Waals surface area contributed by atoms with Crippen molar-refractivity contribution < 1.29 is 20.1 Å². The first-order valence-electron chi connectivity index (χ1n) is 10.5. The predicted octanol–water partition coefficient (Wildman–Crippen LogP) is 7.62. The van der Waals surface area contributed by atoms with Crippen LogP contribution in [0.4, 0.5) is 5.69 Å². The van der Waals surface area contributed by atoms with E-state index in [2.05, 4.69) is 45.1 Å². The Hall–Kier alpha value is -3.90. The van der Waals surface area contributed by atoms with Crippen LogP contribution in [-0.4, -0.2) is 9.97 Å². The molecule has 0 amide bonds. The summed E-state index contributed by atoms with van der Waals surface area (Å²) in [6, 6.07) is 38.0. The molecule has 4 heteroatoms. The average molecular weight is 616 g/mol. The first kappa shape index (κ1) is 24.7. The van der Waals surface area contributed by atoms with Gasteiger partial charge in [0.05, 0.1) is 6.57 Å². The molecule has 0 bridgehead atoms. The molecule has 0 spiro atoms. The molecule has 0 saturated carbocycles. The van der Waals surface area contributed by atoms with Crippen molar-refractivity contribution in [3.05, 3.63) is 139 Å². The summed E-state index contributed by atoms with van der Waals surface area (Å²) in [6.07, 6.45) is 3.66. The number of nitrogens with zero attached hydrogens (tertiary/aromatic N) is 3. The van der Waals surface area contributed by atoms with Gasteiger partial charge in [0.25, 0.3) is 0 Å². The Labute approximate surface area is 214 Å². The zero-order chi connectivity index (χ0) is 22.9. The Morgan fingerprint density at radius 3 is 2.24 bits per heavy atom. The number of pyridine rings is 2. The first-order chi connectivity index (χ1) is 16.2. The van der Waals surface area contributed by atoms with E-state index in [0.717, 1.165) is 28.1 Å². The predicted molar refractivity (Wildman–Crippen MR) is 133 cm³/mol. The monoisotopic (exact) mass is 616 g/mol. The standard InChI is InChI=1S/C17H12N.C13H9N2.Ir/c1-3-7-14(8-4-1)16-11-12-18-17(13-16)15-9-5-2-6-10-15;1-10-6-7-13(15-9-10)11-4-3-5-12(8-11)14-2;/h1-9,11-13H;3-7,9H,1H3;/q2*-1;. The number of aromatic nitrogens is 2. The second-order valence-electron chi connectivity index (χ2n) is 7.35. The summed E-state index contributed by atoms with van der Waals surface area (Å²) in [5.41, 5.74) is 7.73. The summed E-state index contributed by atoms with van der Waals surface area (Å²) in [5, 5.41) is 0. The molecule has 0 N–H and O–H groups in total. The van der Waals surface area contributed by atoms with E-state index in [0.29, 0.717) is 5.69 Å². The number of hydrogen-bond donors (Lipinski definition) is 0. The third-order valence-corrected chi connectivity index (χ3v) is 4.94. The van der Waals surface area contributed by atoms with Gasteiger partial charge in [-0.05, 0) is 41.1 Å². The van der Waals surface area contributed by atoms with Crippen molar-refractivity contribution in [2.75, 3.05) is 0 Å². The third kappa shape index (κ3) is 6.56. The maximum Gasteiger partial charge on any atom is 0.106 e. The van der Waals surface area contributed by atoms with Crippen LogP contribution in [0.2, 0.25) is 0 Å². The van der Waals surface area contributed by atoms with Gasteiger partial charge in [0.2, 0.25) is 0 Å². The zero-order valence-corrected chi connectivity index (χ0v) is 21.0. The van der Waals surface area contributed by atoms with Crippen LogP contribution in [0, 0.1) is 25.6 Å². The zero-order valence-electron chi connectivity index (χ0n) is 18.6. The average Bonchev–Trinajstić information content (AvgIpc) is 2.91. The summed E-state index contributed by atoms with van der Waals surface area (Å²) < 4.78 is 0. The number of benzene rings is 3. The summed E-state index contributed by atoms with van der Waals surface area (Å²) in [7, 11) is 0. The minimum absolute atomic E-state index is 0. The third-order valence-electron chi connectivity index (χ3n) is 4.94. The van der Waals surface area contributed by atoms with Crippen LogP contribution in [0.1, 0.15) is 5.56 Å². The molecule has 0 unspecified atom stereocenters. The Balaban J connectivity index is 0.000000188. The van der Waals surface area contributed by atoms with Crippen molar-refractivity contribution in [2.45, 2.75) is 6.92 Å². The molecule has 2 aromatic heterocycles. The molecule has 167 valence electrons. The molecule has 3 aromatic carbocycles. The van der Waals surface area contributed by atoms with E-state index >= 15 is 0 Å². The smallest absolute Gasteiger partial charge is 0.106 e. The summed E-state index contributed by atoms with van der Waals surface area (Å²) in [4.78, 5) is 12.0. The second kappa shape index (κ2) is 12.4. The van der Waals surface area contributed by atoms with Gasteiger partial charge in [0, 0.05) is 32.5 Å². The van der Waals surface area contributed by atoms with Crippen LogP contribution in [-0.2, 0) is 20.1 Å². The first-order valence-corrected chi connectivity index (χ1v) is 10.5. The van der Waals surface area contributed by atoms with E-state index in [9.17, 15) is 0 Å². The molecule has 5 rings (SSSR count). The van der Waals surface area contributed by atoms with Gasteiger partial charge >= 0.3 is 0 Å². The second-order valence-corrected chi connectivity index (χ2v) is 7.35. The number of hydrogen-bond acceptors (Lipinski definition) is 2. The van der Waals surface area contributed by atoms with Crippen molar-refractivity contribution in [2.24, 2.45) is 0 Å². The molecule has 34 heavy (non-hydrogen) atoms. The van der Waals surface area contributed by atoms with Crippen LogP contribution in [0.5, 0.6) is 0 Å². The van der Waals surface area contributed by atoms with E-state index in [-0.39, 0.29) is 20.1 Å². The van der Waals surface area contributed by atoms with Crippen molar-refractivity contribution in [3.63, 3.8) is 0 Å². The molecule has 0 aliphatic heterocycles. The van der Waals surface area contributed by atoms with Gasteiger partial charge in [-0.1, -0.05) is 48.5 Å². The molecule has 0 saturated heterocycles. The fraction of sp³-hybridized carbons (Fsp3) is 0.0333. The largest absolute Gasteiger partial charge is 0.305 e. The summed E-state index contributed by atoms with van der Waals surface area (Å²) >= 11 is 0. The fourth-order valence-electron chi connectivity index (χ4n) is 3.24. The molecule has 5 aromatic rings. The Morgan fingerprint density at radius 1 is 0.735 bits per heavy atom. The van der Waals surface area contributed by atoms with Crippen LogP contribution in [0.25, 0.3) is 38.5 Å². The van der Waals surface area contributed by atoms with Gasteiger partial charge in [0.15, 0.2) is 0 Å². The van der Waals surface area contributed by atoms with Gasteiger partial charge in [-0.25, -0.2) is 0 Å². The maximum atomic E-state index is 6.91. The van der Waals surface area contributed by atoms with Crippen LogP contribution < -0.4 is 0 Å². The molecule has 0 aliphatic rings. The van der Waals surface area contributed by atoms with Crippen molar-refractivity contribution in [1.29, 1.82) is 0 Å². The molecule has 1 radical (unpaired) electrons. The normalized spacial score (nSPS) is 9.65. The minimum atomic E-state index is 0. The SMILES string of the molecule is [C-]#[N+]c1[c-]c(-c2ccc(C)cn2)ccc1.[Ir].[c-]1ccccc1-c1cc(-c2ccccc2)ccn1. The number of rotatable bonds is 3. The summed E-state index contributed by atoms with van der Waals surface area (Å²) in [5.74, 6) is 0. The van der Waals surface area contributed by atoms with Gasteiger partial charge in [0.1, 0.15) is 5.69 Å². The molecule has 0 aliphatic carbocycles. The van der Waals surface area contributed by atoms with Gasteiger partial charge in [-0.2, -0.15) is 6.07 Å². The molecule has 2 heterocycles. The molecular formula is C30H21IrN3-2. The van der Waals surface area contributed by atoms with Crippen molar-refractivity contribution in [1.82, 2.24) is 9.97 Å². The molecular weight excluding hydrogens is 595 g/mol. The van der Waals surface area contributed by atoms with E-state index in [1.54, 1.807) is 6.07 Å². The molecule has 0 fully saturated rings. The van der Waals surface area contributed by atoms with Gasteiger partial charge < -0.3 is 9.97 Å². The van der Waals surface area contributed by atoms with Gasteiger partial charge in [-0.15, -0.1) is 59.7 Å². The Morgan fingerprint density at radius 2 is 1.53 bits per heavy atom. The maximum absolute atomic E-state index is 6.91. The Kier molecular flexibility index (Phi) is 9.00. The topological polar surface area (TPSA) is 30.1 Å². The Bertz CT molecular complexity index is 1310. The molecule has 0 atom stereocenters. The fourth-order valence-corrected chi connectivity index (χ4v) is 3.24. The number of aryl methyl sites for hydroxylation is 1. The quantitative estimate of drug-likeness (QED) is 0.196. The van der Waals surface area contributed by atoms with Crippen LogP contribution in [0.15, 0.2) is 109 Å². The minimum Gasteiger partial charge on any atom is -0.305 e. The van der Waals surface area contributed by atoms with Crippen molar-refractivity contribution >= 4 is 5.69 Å². The van der Waals surface area contributed by atoms with E-state index in [4.69, 9.17) is 6.57 Å². The molecule has 3 nitrogen and oxygen atoms in total. The van der Waals surface area contributed by atoms with Gasteiger partial charge in [-0.3, -0.25) is 4.85 Å². The van der Waals surface area contributed by atoms with Crippen LogP contribution in [0.3, 0.4) is 0 Å². The van der Waals surface area contributed by atoms with E-state index < -0.39 is 0 Å². The van der Waals surface area contributed by atoms with Crippen molar-refractivity contribution in [3.8, 4) is 33.6 Å². The summed E-state index contributed by atoms with van der Waals surface area (Å²) in [6.45, 7) is 8.91. The van der Waals surface area contributed by atoms with E-state index in [1.165, 1.54) is 11.1 Å².